The van der Waals surface area contributed by atoms with Crippen LogP contribution in [0.1, 0.15) is 49.1 Å². The quantitative estimate of drug-likeness (QED) is 0.118. The Morgan fingerprint density at radius 2 is 1.46 bits per heavy atom. The lowest BCUT2D eigenvalue weighted by atomic mass is 9.88. The first-order chi connectivity index (χ1) is 24.4. The number of carbonyl (C=O) groups excluding carboxylic acids is 2. The molecule has 1 aliphatic carbocycles. The molecule has 4 amide bonds. The Balaban J connectivity index is 1.40. The Kier molecular flexibility index (Phi) is 12.9. The number of benzene rings is 4. The fourth-order valence-corrected chi connectivity index (χ4v) is 6.65. The number of methoxy groups -OCH3 is 2. The Morgan fingerprint density at radius 3 is 2.10 bits per heavy atom. The van der Waals surface area contributed by atoms with Gasteiger partial charge >= 0.3 is 12.1 Å². The summed E-state index contributed by atoms with van der Waals surface area (Å²) in [5.74, 6) is 1.37. The number of hydrogen-bond acceptors (Lipinski definition) is 5. The van der Waals surface area contributed by atoms with Crippen LogP contribution in [0.5, 0.6) is 11.5 Å². The van der Waals surface area contributed by atoms with E-state index < -0.39 is 0 Å². The predicted octanol–water partition coefficient (Wildman–Crippen LogP) is 7.80. The lowest BCUT2D eigenvalue weighted by Crippen LogP contribution is -2.56. The first-order valence-corrected chi connectivity index (χ1v) is 17.3. The highest BCUT2D eigenvalue weighted by atomic mass is 16.5. The summed E-state index contributed by atoms with van der Waals surface area (Å²) in [6.45, 7) is 5.17. The fraction of sp³-hybridized carbons (Fsp3) is 0.317. The van der Waals surface area contributed by atoms with Crippen LogP contribution in [0.15, 0.2) is 121 Å². The standard InChI is InChI=1S/C41H49N5O4/c1-30(28-43-40(47)44-33-18-12-20-35(26-33)49-2)29-45(25-24-37(31-14-6-4-7-15-31)32-16-8-5-9-17-32)41(48)46(39-23-11-10-22-38(39)42)34-19-13-21-36(27-34)50-3/h4-9,12-21,26-27,37-39H,1,10-11,22-25,28-29,42H2,2-3H3,(H2,43,44,47)/t38-,39-/m1/s1. The number of ether oxygens (including phenoxy) is 2. The smallest absolute Gasteiger partial charge is 0.325 e. The molecule has 0 radical (unpaired) electrons. The summed E-state index contributed by atoms with van der Waals surface area (Å²) in [7, 11) is 3.20. The van der Waals surface area contributed by atoms with Crippen LogP contribution in [-0.2, 0) is 0 Å². The van der Waals surface area contributed by atoms with Crippen molar-refractivity contribution in [2.75, 3.05) is 44.1 Å². The molecule has 0 saturated heterocycles. The summed E-state index contributed by atoms with van der Waals surface area (Å²) in [5, 5.41) is 5.73. The molecule has 0 spiro atoms. The molecule has 1 aliphatic rings. The van der Waals surface area contributed by atoms with Crippen LogP contribution in [0.2, 0.25) is 0 Å². The van der Waals surface area contributed by atoms with Crippen molar-refractivity contribution in [3.8, 4) is 11.5 Å². The van der Waals surface area contributed by atoms with Gasteiger partial charge in [0.2, 0.25) is 0 Å². The van der Waals surface area contributed by atoms with Gasteiger partial charge in [0.15, 0.2) is 0 Å². The first-order valence-electron chi connectivity index (χ1n) is 17.3. The van der Waals surface area contributed by atoms with Crippen LogP contribution in [0.3, 0.4) is 0 Å². The second-order valence-electron chi connectivity index (χ2n) is 12.7. The van der Waals surface area contributed by atoms with Gasteiger partial charge in [-0.25, -0.2) is 9.59 Å². The summed E-state index contributed by atoms with van der Waals surface area (Å²) in [6.07, 6.45) is 4.37. The van der Waals surface area contributed by atoms with Gasteiger partial charge < -0.3 is 30.7 Å². The number of nitrogens with zero attached hydrogens (tertiary/aromatic N) is 2. The largest absolute Gasteiger partial charge is 0.497 e. The average molecular weight is 676 g/mol. The predicted molar refractivity (Wildman–Crippen MR) is 201 cm³/mol. The maximum absolute atomic E-state index is 15.0. The third-order valence-corrected chi connectivity index (χ3v) is 9.25. The minimum Gasteiger partial charge on any atom is -0.497 e. The monoisotopic (exact) mass is 675 g/mol. The minimum absolute atomic E-state index is 0.0648. The topological polar surface area (TPSA) is 109 Å². The van der Waals surface area contributed by atoms with E-state index in [9.17, 15) is 9.59 Å². The van der Waals surface area contributed by atoms with E-state index in [-0.39, 0.29) is 43.2 Å². The summed E-state index contributed by atoms with van der Waals surface area (Å²) in [4.78, 5) is 31.5. The van der Waals surface area contributed by atoms with Gasteiger partial charge in [0.25, 0.3) is 0 Å². The fourth-order valence-electron chi connectivity index (χ4n) is 6.65. The number of rotatable bonds is 14. The zero-order valence-corrected chi connectivity index (χ0v) is 29.1. The molecular formula is C41H49N5O4. The number of anilines is 2. The van der Waals surface area contributed by atoms with Gasteiger partial charge in [-0.2, -0.15) is 0 Å². The van der Waals surface area contributed by atoms with Gasteiger partial charge in [-0.05, 0) is 60.2 Å². The Bertz CT molecular complexity index is 1660. The molecule has 9 heteroatoms. The van der Waals surface area contributed by atoms with Crippen molar-refractivity contribution in [2.45, 2.75) is 50.1 Å². The van der Waals surface area contributed by atoms with Crippen LogP contribution in [0, 0.1) is 0 Å². The Morgan fingerprint density at radius 1 is 0.840 bits per heavy atom. The molecule has 4 N–H and O–H groups in total. The average Bonchev–Trinajstić information content (AvgIpc) is 3.15. The maximum atomic E-state index is 15.0. The summed E-state index contributed by atoms with van der Waals surface area (Å²) < 4.78 is 10.8. The van der Waals surface area contributed by atoms with Gasteiger partial charge in [-0.15, -0.1) is 0 Å². The zero-order chi connectivity index (χ0) is 35.3. The molecule has 0 unspecified atom stereocenters. The van der Waals surface area contributed by atoms with E-state index in [4.69, 9.17) is 15.2 Å². The number of carbonyl (C=O) groups is 2. The molecule has 0 heterocycles. The van der Waals surface area contributed by atoms with Gasteiger partial charge in [0, 0.05) is 55.1 Å². The summed E-state index contributed by atoms with van der Waals surface area (Å²) in [5.41, 5.74) is 11.1. The lowest BCUT2D eigenvalue weighted by molar-refractivity contribution is 0.200. The van der Waals surface area contributed by atoms with Crippen LogP contribution < -0.4 is 30.7 Å². The van der Waals surface area contributed by atoms with Gasteiger partial charge in [0.05, 0.1) is 20.3 Å². The molecule has 50 heavy (non-hydrogen) atoms. The SMILES string of the molecule is C=C(CNC(=O)Nc1cccc(OC)c1)CN(CCC(c1ccccc1)c1ccccc1)C(=O)N(c1cccc(OC)c1)[C@@H]1CCCC[C@H]1N. The van der Waals surface area contributed by atoms with Crippen LogP contribution in [0.4, 0.5) is 21.0 Å². The minimum atomic E-state index is -0.378. The first kappa shape index (κ1) is 36.0. The van der Waals surface area contributed by atoms with Crippen LogP contribution in [0.25, 0.3) is 0 Å². The van der Waals surface area contributed by atoms with Crippen molar-refractivity contribution < 1.29 is 19.1 Å². The van der Waals surface area contributed by atoms with Crippen molar-refractivity contribution in [3.63, 3.8) is 0 Å². The Labute approximate surface area is 296 Å². The normalized spacial score (nSPS) is 15.5. The third-order valence-electron chi connectivity index (χ3n) is 9.25. The number of urea groups is 2. The van der Waals surface area contributed by atoms with Crippen LogP contribution in [-0.4, -0.2) is 62.9 Å². The third kappa shape index (κ3) is 9.66. The molecule has 4 aromatic rings. The highest BCUT2D eigenvalue weighted by Crippen LogP contribution is 2.32. The van der Waals surface area contributed by atoms with E-state index in [1.54, 1.807) is 32.4 Å². The summed E-state index contributed by atoms with van der Waals surface area (Å²) >= 11 is 0. The lowest BCUT2D eigenvalue weighted by Gasteiger charge is -2.41. The second-order valence-corrected chi connectivity index (χ2v) is 12.7. The number of nitrogens with one attached hydrogen (secondary N) is 2. The van der Waals surface area contributed by atoms with E-state index in [0.717, 1.165) is 31.4 Å². The molecule has 0 aliphatic heterocycles. The zero-order valence-electron chi connectivity index (χ0n) is 29.1. The molecule has 0 bridgehead atoms. The second kappa shape index (κ2) is 17.9. The molecule has 5 rings (SSSR count). The molecule has 2 atom stereocenters. The van der Waals surface area contributed by atoms with E-state index in [2.05, 4.69) is 41.5 Å². The van der Waals surface area contributed by atoms with E-state index in [1.165, 1.54) is 11.1 Å². The molecule has 9 nitrogen and oxygen atoms in total. The summed E-state index contributed by atoms with van der Waals surface area (Å²) in [6, 6.07) is 34.7. The molecule has 0 aromatic heterocycles. The van der Waals surface area contributed by atoms with Gasteiger partial charge in [0.1, 0.15) is 11.5 Å². The van der Waals surface area contributed by atoms with Crippen molar-refractivity contribution in [1.29, 1.82) is 0 Å². The van der Waals surface area contributed by atoms with Crippen molar-refractivity contribution in [3.05, 3.63) is 132 Å². The van der Waals surface area contributed by atoms with Crippen LogP contribution >= 0.6 is 0 Å². The van der Waals surface area contributed by atoms with E-state index in [1.807, 2.05) is 76.5 Å². The molecule has 262 valence electrons. The molecule has 1 fully saturated rings. The Hall–Kier alpha value is -5.28. The molecular weight excluding hydrogens is 626 g/mol. The maximum Gasteiger partial charge on any atom is 0.325 e. The highest BCUT2D eigenvalue weighted by molar-refractivity contribution is 5.93. The van der Waals surface area contributed by atoms with Gasteiger partial charge in [-0.1, -0.05) is 92.2 Å². The number of hydrogen-bond donors (Lipinski definition) is 3. The van der Waals surface area contributed by atoms with Gasteiger partial charge in [-0.3, -0.25) is 4.90 Å². The number of nitrogens with two attached hydrogens (primary N) is 1. The van der Waals surface area contributed by atoms with E-state index in [0.29, 0.717) is 35.7 Å². The molecule has 4 aromatic carbocycles. The number of amides is 4. The molecule has 1 saturated carbocycles. The van der Waals surface area contributed by atoms with Crippen molar-refractivity contribution >= 4 is 23.4 Å². The van der Waals surface area contributed by atoms with Crippen molar-refractivity contribution in [1.82, 2.24) is 10.2 Å². The highest BCUT2D eigenvalue weighted by Gasteiger charge is 2.35. The van der Waals surface area contributed by atoms with E-state index >= 15 is 0 Å². The van der Waals surface area contributed by atoms with Crippen molar-refractivity contribution in [2.24, 2.45) is 5.73 Å².